The highest BCUT2D eigenvalue weighted by molar-refractivity contribution is 6.30. The molecule has 0 aliphatic heterocycles. The first-order valence-electron chi connectivity index (χ1n) is 10.3. The van der Waals surface area contributed by atoms with Crippen molar-refractivity contribution in [3.63, 3.8) is 0 Å². The fourth-order valence-corrected chi connectivity index (χ4v) is 3.27. The minimum atomic E-state index is -0.622. The first-order chi connectivity index (χ1) is 15.1. The number of rotatable bonds is 9. The van der Waals surface area contributed by atoms with Crippen molar-refractivity contribution < 1.29 is 14.1 Å². The lowest BCUT2D eigenvalue weighted by atomic mass is 10.0. The minimum Gasteiger partial charge on any atom is -0.352 e. The molecule has 1 unspecified atom stereocenters. The van der Waals surface area contributed by atoms with Crippen LogP contribution in [0.15, 0.2) is 59.1 Å². The number of amides is 2. The van der Waals surface area contributed by atoms with Crippen LogP contribution in [0.5, 0.6) is 0 Å². The number of carbonyl (C=O) groups excluding carboxylic acids is 2. The first kappa shape index (κ1) is 21.1. The van der Waals surface area contributed by atoms with Gasteiger partial charge in [0.25, 0.3) is 0 Å². The highest BCUT2D eigenvalue weighted by atomic mass is 35.5. The molecule has 1 aliphatic carbocycles. The number of nitrogens with zero attached hydrogens (tertiary/aromatic N) is 2. The van der Waals surface area contributed by atoms with Gasteiger partial charge in [-0.05, 0) is 42.7 Å². The van der Waals surface area contributed by atoms with E-state index in [1.54, 1.807) is 24.3 Å². The van der Waals surface area contributed by atoms with Gasteiger partial charge in [-0.1, -0.05) is 47.1 Å². The number of carbonyl (C=O) groups is 2. The largest absolute Gasteiger partial charge is 0.352 e. The summed E-state index contributed by atoms with van der Waals surface area (Å²) >= 11 is 5.90. The molecule has 3 aromatic rings. The van der Waals surface area contributed by atoms with Crippen molar-refractivity contribution in [1.82, 2.24) is 20.8 Å². The van der Waals surface area contributed by atoms with Gasteiger partial charge in [-0.2, -0.15) is 4.98 Å². The summed E-state index contributed by atoms with van der Waals surface area (Å²) in [4.78, 5) is 29.5. The zero-order valence-corrected chi connectivity index (χ0v) is 17.6. The van der Waals surface area contributed by atoms with E-state index in [0.717, 1.165) is 24.0 Å². The number of nitrogens with one attached hydrogen (secondary N) is 2. The van der Waals surface area contributed by atoms with Gasteiger partial charge in [0.05, 0.1) is 0 Å². The fraction of sp³-hybridized carbons (Fsp3) is 0.304. The molecule has 2 aromatic carbocycles. The molecule has 31 heavy (non-hydrogen) atoms. The summed E-state index contributed by atoms with van der Waals surface area (Å²) in [6.45, 7) is 0. The molecule has 0 radical (unpaired) electrons. The molecular weight excluding hydrogens is 416 g/mol. The Balaban J connectivity index is 1.34. The third-order valence-corrected chi connectivity index (χ3v) is 5.25. The normalized spacial score (nSPS) is 14.1. The van der Waals surface area contributed by atoms with Gasteiger partial charge in [0.15, 0.2) is 0 Å². The van der Waals surface area contributed by atoms with E-state index in [9.17, 15) is 9.59 Å². The Morgan fingerprint density at radius 1 is 1.10 bits per heavy atom. The standard InChI is InChI=1S/C23H23ClN4O3/c24-17-8-6-16(7-9-17)22-27-21(31-28-22)13-12-20(29)26-19(23(30)25-18-10-11-18)14-15-4-2-1-3-5-15/h1-9,18-19H,10-14H2,(H,25,30)(H,26,29). The quantitative estimate of drug-likeness (QED) is 0.534. The van der Waals surface area contributed by atoms with Crippen LogP contribution in [0.4, 0.5) is 0 Å². The molecule has 8 heteroatoms. The van der Waals surface area contributed by atoms with Crippen LogP contribution in [0.3, 0.4) is 0 Å². The summed E-state index contributed by atoms with van der Waals surface area (Å²) in [6.07, 6.45) is 2.85. The molecule has 1 fully saturated rings. The Morgan fingerprint density at radius 3 is 2.55 bits per heavy atom. The highest BCUT2D eigenvalue weighted by Crippen LogP contribution is 2.20. The Bertz CT molecular complexity index is 1030. The van der Waals surface area contributed by atoms with Crippen LogP contribution in [0, 0.1) is 0 Å². The molecule has 1 aromatic heterocycles. The third-order valence-electron chi connectivity index (χ3n) is 4.99. The van der Waals surface area contributed by atoms with Crippen LogP contribution >= 0.6 is 11.6 Å². The second-order valence-electron chi connectivity index (χ2n) is 7.61. The van der Waals surface area contributed by atoms with Gasteiger partial charge in [0, 0.05) is 35.9 Å². The van der Waals surface area contributed by atoms with Crippen LogP contribution in [-0.2, 0) is 22.4 Å². The average molecular weight is 439 g/mol. The van der Waals surface area contributed by atoms with E-state index < -0.39 is 6.04 Å². The van der Waals surface area contributed by atoms with Crippen molar-refractivity contribution in [2.45, 2.75) is 44.2 Å². The fourth-order valence-electron chi connectivity index (χ4n) is 3.15. The maximum Gasteiger partial charge on any atom is 0.243 e. The van der Waals surface area contributed by atoms with Crippen LogP contribution in [0.2, 0.25) is 5.02 Å². The molecule has 160 valence electrons. The van der Waals surface area contributed by atoms with Crippen LogP contribution < -0.4 is 10.6 Å². The van der Waals surface area contributed by atoms with Crippen LogP contribution in [0.25, 0.3) is 11.4 Å². The zero-order chi connectivity index (χ0) is 21.6. The molecule has 1 saturated carbocycles. The monoisotopic (exact) mass is 438 g/mol. The number of hydrogen-bond acceptors (Lipinski definition) is 5. The summed E-state index contributed by atoms with van der Waals surface area (Å²) in [5, 5.41) is 10.4. The molecule has 4 rings (SSSR count). The lowest BCUT2D eigenvalue weighted by molar-refractivity contribution is -0.129. The van der Waals surface area contributed by atoms with Crippen molar-refractivity contribution in [2.24, 2.45) is 0 Å². The average Bonchev–Trinajstić information content (AvgIpc) is 3.46. The number of aromatic nitrogens is 2. The van der Waals surface area contributed by atoms with Crippen molar-refractivity contribution in [1.29, 1.82) is 0 Å². The Hall–Kier alpha value is -3.19. The predicted octanol–water partition coefficient (Wildman–Crippen LogP) is 3.33. The number of hydrogen-bond donors (Lipinski definition) is 2. The summed E-state index contributed by atoms with van der Waals surface area (Å²) in [7, 11) is 0. The summed E-state index contributed by atoms with van der Waals surface area (Å²) in [5.41, 5.74) is 1.77. The topological polar surface area (TPSA) is 97.1 Å². The van der Waals surface area contributed by atoms with Crippen molar-refractivity contribution in [3.05, 3.63) is 71.1 Å². The maximum atomic E-state index is 12.6. The van der Waals surface area contributed by atoms with Crippen LogP contribution in [0.1, 0.15) is 30.7 Å². The van der Waals surface area contributed by atoms with Gasteiger partial charge in [-0.15, -0.1) is 0 Å². The lowest BCUT2D eigenvalue weighted by Gasteiger charge is -2.18. The first-order valence-corrected chi connectivity index (χ1v) is 10.7. The Morgan fingerprint density at radius 2 is 1.84 bits per heavy atom. The van der Waals surface area contributed by atoms with E-state index in [1.807, 2.05) is 30.3 Å². The van der Waals surface area contributed by atoms with Gasteiger partial charge in [0.1, 0.15) is 6.04 Å². The van der Waals surface area contributed by atoms with Crippen molar-refractivity contribution in [3.8, 4) is 11.4 Å². The highest BCUT2D eigenvalue weighted by Gasteiger charge is 2.28. The summed E-state index contributed by atoms with van der Waals surface area (Å²) in [5.74, 6) is 0.417. The van der Waals surface area contributed by atoms with E-state index >= 15 is 0 Å². The maximum absolute atomic E-state index is 12.6. The molecule has 0 bridgehead atoms. The third kappa shape index (κ3) is 6.15. The summed E-state index contributed by atoms with van der Waals surface area (Å²) in [6, 6.07) is 16.4. The van der Waals surface area contributed by atoms with Crippen molar-refractivity contribution in [2.75, 3.05) is 0 Å². The molecular formula is C23H23ClN4O3. The molecule has 0 spiro atoms. The van der Waals surface area contributed by atoms with E-state index in [1.165, 1.54) is 0 Å². The van der Waals surface area contributed by atoms with Gasteiger partial charge in [-0.3, -0.25) is 9.59 Å². The number of benzene rings is 2. The smallest absolute Gasteiger partial charge is 0.243 e. The zero-order valence-electron chi connectivity index (χ0n) is 16.9. The molecule has 1 atom stereocenters. The molecule has 1 aliphatic rings. The molecule has 7 nitrogen and oxygen atoms in total. The van der Waals surface area contributed by atoms with Gasteiger partial charge in [-0.25, -0.2) is 0 Å². The Kier molecular flexibility index (Phi) is 6.62. The lowest BCUT2D eigenvalue weighted by Crippen LogP contribution is -2.48. The van der Waals surface area contributed by atoms with Gasteiger partial charge in [0.2, 0.25) is 23.5 Å². The molecule has 1 heterocycles. The van der Waals surface area contributed by atoms with Crippen LogP contribution in [-0.4, -0.2) is 34.0 Å². The second kappa shape index (κ2) is 9.75. The predicted molar refractivity (Wildman–Crippen MR) is 116 cm³/mol. The van der Waals surface area contributed by atoms with E-state index in [-0.39, 0.29) is 30.7 Å². The van der Waals surface area contributed by atoms with Crippen molar-refractivity contribution >= 4 is 23.4 Å². The van der Waals surface area contributed by atoms with E-state index in [4.69, 9.17) is 16.1 Å². The SMILES string of the molecule is O=C(CCc1nc(-c2ccc(Cl)cc2)no1)NC(Cc1ccccc1)C(=O)NC1CC1. The second-order valence-corrected chi connectivity index (χ2v) is 8.05. The molecule has 2 N–H and O–H groups in total. The Labute approximate surface area is 185 Å². The van der Waals surface area contributed by atoms with Gasteiger partial charge >= 0.3 is 0 Å². The van der Waals surface area contributed by atoms with E-state index in [2.05, 4.69) is 20.8 Å². The number of halogens is 1. The molecule has 2 amide bonds. The minimum absolute atomic E-state index is 0.143. The molecule has 0 saturated heterocycles. The van der Waals surface area contributed by atoms with E-state index in [0.29, 0.717) is 23.2 Å². The van der Waals surface area contributed by atoms with Gasteiger partial charge < -0.3 is 15.2 Å². The summed E-state index contributed by atoms with van der Waals surface area (Å²) < 4.78 is 5.26. The number of aryl methyl sites for hydroxylation is 1.